The van der Waals surface area contributed by atoms with E-state index < -0.39 is 5.60 Å². The zero-order chi connectivity index (χ0) is 13.3. The van der Waals surface area contributed by atoms with Gasteiger partial charge in [-0.15, -0.1) is 0 Å². The number of amides is 1. The number of hydrogen-bond acceptors (Lipinski definition) is 4. The van der Waals surface area contributed by atoms with Gasteiger partial charge in [0, 0.05) is 5.69 Å². The lowest BCUT2D eigenvalue weighted by Crippen LogP contribution is -2.63. The van der Waals surface area contributed by atoms with Crippen LogP contribution in [0.25, 0.3) is 0 Å². The topological polar surface area (TPSA) is 75.8 Å². The summed E-state index contributed by atoms with van der Waals surface area (Å²) in [4.78, 5) is 13.8. The summed E-state index contributed by atoms with van der Waals surface area (Å²) in [6.07, 6.45) is 0.643. The predicted molar refractivity (Wildman–Crippen MR) is 68.6 cm³/mol. The van der Waals surface area contributed by atoms with Gasteiger partial charge in [-0.25, -0.2) is 0 Å². The van der Waals surface area contributed by atoms with Crippen LogP contribution in [0.1, 0.15) is 23.7 Å². The molecule has 0 aliphatic carbocycles. The monoisotopic (exact) mass is 250 g/mol. The molecule has 1 fully saturated rings. The highest BCUT2D eigenvalue weighted by Crippen LogP contribution is 2.28. The van der Waals surface area contributed by atoms with Crippen molar-refractivity contribution in [3.8, 4) is 5.75 Å². The molecule has 0 bridgehead atoms. The predicted octanol–water partition coefficient (Wildman–Crippen LogP) is 0.874. The second-order valence-corrected chi connectivity index (χ2v) is 4.69. The molecule has 5 heteroatoms. The van der Waals surface area contributed by atoms with E-state index >= 15 is 0 Å². The number of ether oxygens (including phenoxy) is 1. The molecule has 0 saturated carbocycles. The maximum atomic E-state index is 12.2. The van der Waals surface area contributed by atoms with Crippen LogP contribution in [0.4, 0.5) is 5.69 Å². The summed E-state index contributed by atoms with van der Waals surface area (Å²) in [5.74, 6) is 0.434. The number of methoxy groups -OCH3 is 1. The molecule has 18 heavy (non-hydrogen) atoms. The summed E-state index contributed by atoms with van der Waals surface area (Å²) in [7, 11) is 1.54. The van der Waals surface area contributed by atoms with Crippen LogP contribution in [0.15, 0.2) is 18.2 Å². The molecule has 98 valence electrons. The van der Waals surface area contributed by atoms with Crippen molar-refractivity contribution in [1.29, 1.82) is 0 Å². The standard InChI is InChI=1S/C13H18N2O3/c1-3-13(17)7-15(8-13)12(16)10-6-9(18-2)4-5-11(10)14/h4-6,17H,3,7-8,14H2,1-2H3. The third kappa shape index (κ3) is 2.13. The average Bonchev–Trinajstić information content (AvgIpc) is 2.35. The summed E-state index contributed by atoms with van der Waals surface area (Å²) >= 11 is 0. The number of benzene rings is 1. The minimum Gasteiger partial charge on any atom is -0.497 e. The van der Waals surface area contributed by atoms with Gasteiger partial charge in [-0.3, -0.25) is 4.79 Å². The van der Waals surface area contributed by atoms with Crippen LogP contribution >= 0.6 is 0 Å². The van der Waals surface area contributed by atoms with Crippen molar-refractivity contribution in [2.24, 2.45) is 0 Å². The Balaban J connectivity index is 2.15. The van der Waals surface area contributed by atoms with Gasteiger partial charge in [0.25, 0.3) is 5.91 Å². The lowest BCUT2D eigenvalue weighted by atomic mass is 9.90. The molecular formula is C13H18N2O3. The van der Waals surface area contributed by atoms with E-state index in [4.69, 9.17) is 10.5 Å². The molecule has 1 aliphatic heterocycles. The lowest BCUT2D eigenvalue weighted by molar-refractivity contribution is -0.0826. The maximum absolute atomic E-state index is 12.2. The van der Waals surface area contributed by atoms with Gasteiger partial charge in [0.05, 0.1) is 31.4 Å². The molecule has 0 atom stereocenters. The Morgan fingerprint density at radius 3 is 2.78 bits per heavy atom. The number of hydrogen-bond donors (Lipinski definition) is 2. The van der Waals surface area contributed by atoms with Crippen molar-refractivity contribution >= 4 is 11.6 Å². The summed E-state index contributed by atoms with van der Waals surface area (Å²) in [5.41, 5.74) is 5.91. The first kappa shape index (κ1) is 12.7. The Labute approximate surface area is 106 Å². The summed E-state index contributed by atoms with van der Waals surface area (Å²) < 4.78 is 5.08. The van der Waals surface area contributed by atoms with E-state index in [0.29, 0.717) is 36.5 Å². The number of nitrogen functional groups attached to an aromatic ring is 1. The van der Waals surface area contributed by atoms with Crippen LogP contribution in [0.5, 0.6) is 5.75 Å². The van der Waals surface area contributed by atoms with Gasteiger partial charge in [0.2, 0.25) is 0 Å². The van der Waals surface area contributed by atoms with Crippen molar-refractivity contribution < 1.29 is 14.6 Å². The SMILES string of the molecule is CCC1(O)CN(C(=O)c2cc(OC)ccc2N)C1. The van der Waals surface area contributed by atoms with E-state index in [0.717, 1.165) is 0 Å². The Kier molecular flexibility index (Phi) is 3.17. The van der Waals surface area contributed by atoms with Gasteiger partial charge in [-0.1, -0.05) is 6.92 Å². The van der Waals surface area contributed by atoms with Crippen molar-refractivity contribution in [3.63, 3.8) is 0 Å². The summed E-state index contributed by atoms with van der Waals surface area (Å²) in [5, 5.41) is 9.91. The van der Waals surface area contributed by atoms with Crippen molar-refractivity contribution in [2.45, 2.75) is 18.9 Å². The number of likely N-dealkylation sites (tertiary alicyclic amines) is 1. The highest BCUT2D eigenvalue weighted by molar-refractivity contribution is 6.00. The molecule has 1 amide bonds. The minimum atomic E-state index is -0.733. The van der Waals surface area contributed by atoms with E-state index in [-0.39, 0.29) is 5.91 Å². The molecule has 1 aromatic carbocycles. The first-order chi connectivity index (χ1) is 8.49. The number of nitrogens with zero attached hydrogens (tertiary/aromatic N) is 1. The van der Waals surface area contributed by atoms with E-state index in [1.807, 2.05) is 6.92 Å². The number of anilines is 1. The fraction of sp³-hybridized carbons (Fsp3) is 0.462. The Morgan fingerprint density at radius 2 is 2.22 bits per heavy atom. The highest BCUT2D eigenvalue weighted by atomic mass is 16.5. The summed E-state index contributed by atoms with van der Waals surface area (Å²) in [6.45, 7) is 2.62. The van der Waals surface area contributed by atoms with E-state index in [9.17, 15) is 9.90 Å². The van der Waals surface area contributed by atoms with E-state index in [1.54, 1.807) is 30.2 Å². The Morgan fingerprint density at radius 1 is 1.56 bits per heavy atom. The number of rotatable bonds is 3. The first-order valence-electron chi connectivity index (χ1n) is 5.94. The van der Waals surface area contributed by atoms with Crippen LogP contribution in [-0.2, 0) is 0 Å². The average molecular weight is 250 g/mol. The van der Waals surface area contributed by atoms with Gasteiger partial charge in [0.15, 0.2) is 0 Å². The van der Waals surface area contributed by atoms with Crippen LogP contribution in [0.3, 0.4) is 0 Å². The molecule has 0 spiro atoms. The highest BCUT2D eigenvalue weighted by Gasteiger charge is 2.42. The molecule has 0 radical (unpaired) electrons. The largest absolute Gasteiger partial charge is 0.497 e. The van der Waals surface area contributed by atoms with Crippen LogP contribution < -0.4 is 10.5 Å². The fourth-order valence-electron chi connectivity index (χ4n) is 2.05. The van der Waals surface area contributed by atoms with Crippen LogP contribution in [0, 0.1) is 0 Å². The lowest BCUT2D eigenvalue weighted by Gasteiger charge is -2.46. The zero-order valence-electron chi connectivity index (χ0n) is 10.6. The molecule has 1 aromatic rings. The van der Waals surface area contributed by atoms with Crippen LogP contribution in [-0.4, -0.2) is 41.7 Å². The van der Waals surface area contributed by atoms with Gasteiger partial charge in [-0.05, 0) is 24.6 Å². The molecular weight excluding hydrogens is 232 g/mol. The third-order valence-corrected chi connectivity index (χ3v) is 3.41. The molecule has 3 N–H and O–H groups in total. The Hall–Kier alpha value is -1.75. The van der Waals surface area contributed by atoms with Gasteiger partial charge < -0.3 is 20.5 Å². The molecule has 1 heterocycles. The van der Waals surface area contributed by atoms with Gasteiger partial charge in [-0.2, -0.15) is 0 Å². The van der Waals surface area contributed by atoms with E-state index in [2.05, 4.69) is 0 Å². The molecule has 5 nitrogen and oxygen atoms in total. The maximum Gasteiger partial charge on any atom is 0.256 e. The number of carbonyl (C=O) groups is 1. The number of aliphatic hydroxyl groups is 1. The minimum absolute atomic E-state index is 0.162. The van der Waals surface area contributed by atoms with Crippen molar-refractivity contribution in [1.82, 2.24) is 4.90 Å². The molecule has 1 saturated heterocycles. The number of carbonyl (C=O) groups excluding carboxylic acids is 1. The normalized spacial score (nSPS) is 17.2. The number of nitrogens with two attached hydrogens (primary N) is 1. The van der Waals surface area contributed by atoms with Crippen molar-refractivity contribution in [3.05, 3.63) is 23.8 Å². The second-order valence-electron chi connectivity index (χ2n) is 4.69. The number of β-amino-alcohol motifs (C(OH)–C–C–N with tert-alkyl or cyclic N) is 1. The third-order valence-electron chi connectivity index (χ3n) is 3.41. The first-order valence-corrected chi connectivity index (χ1v) is 5.94. The molecule has 1 aliphatic rings. The second kappa shape index (κ2) is 4.49. The van der Waals surface area contributed by atoms with Crippen LogP contribution in [0.2, 0.25) is 0 Å². The molecule has 2 rings (SSSR count). The zero-order valence-corrected chi connectivity index (χ0v) is 10.6. The van der Waals surface area contributed by atoms with Gasteiger partial charge in [0.1, 0.15) is 5.75 Å². The molecule has 0 aromatic heterocycles. The quantitative estimate of drug-likeness (QED) is 0.781. The fourth-order valence-corrected chi connectivity index (χ4v) is 2.05. The van der Waals surface area contributed by atoms with E-state index in [1.165, 1.54) is 0 Å². The Bertz CT molecular complexity index is 467. The molecule has 0 unspecified atom stereocenters. The van der Waals surface area contributed by atoms with Crippen molar-refractivity contribution in [2.75, 3.05) is 25.9 Å². The van der Waals surface area contributed by atoms with Gasteiger partial charge >= 0.3 is 0 Å². The summed E-state index contributed by atoms with van der Waals surface area (Å²) in [6, 6.07) is 4.99. The smallest absolute Gasteiger partial charge is 0.256 e.